The van der Waals surface area contributed by atoms with E-state index in [4.69, 9.17) is 9.84 Å². The molecule has 0 spiro atoms. The third kappa shape index (κ3) is 6.80. The van der Waals surface area contributed by atoms with Gasteiger partial charge in [-0.05, 0) is 42.2 Å². The Morgan fingerprint density at radius 2 is 1.56 bits per heavy atom. The van der Waals surface area contributed by atoms with Crippen molar-refractivity contribution in [1.82, 2.24) is 14.7 Å². The molecular formula is C30H34FN3O2. The van der Waals surface area contributed by atoms with Crippen molar-refractivity contribution in [1.29, 1.82) is 0 Å². The van der Waals surface area contributed by atoms with Crippen LogP contribution in [0.2, 0.25) is 0 Å². The maximum atomic E-state index is 13.5. The van der Waals surface area contributed by atoms with E-state index in [0.717, 1.165) is 28.9 Å². The van der Waals surface area contributed by atoms with Crippen LogP contribution in [-0.2, 0) is 20.0 Å². The maximum absolute atomic E-state index is 13.5. The van der Waals surface area contributed by atoms with Crippen molar-refractivity contribution in [3.63, 3.8) is 0 Å². The average molecular weight is 488 g/mol. The molecule has 0 amide bonds. The highest BCUT2D eigenvalue weighted by atomic mass is 19.1. The number of benzene rings is 3. The molecule has 0 saturated carbocycles. The van der Waals surface area contributed by atoms with Crippen LogP contribution in [-0.4, -0.2) is 39.0 Å². The van der Waals surface area contributed by atoms with E-state index >= 15 is 0 Å². The molecule has 188 valence electrons. The Hall–Kier alpha value is -3.48. The first kappa shape index (κ1) is 25.6. The van der Waals surface area contributed by atoms with Crippen LogP contribution in [0.25, 0.3) is 11.3 Å². The number of aromatic nitrogens is 2. The van der Waals surface area contributed by atoms with Gasteiger partial charge in [0.25, 0.3) is 0 Å². The topological polar surface area (TPSA) is 50.5 Å². The highest BCUT2D eigenvalue weighted by Crippen LogP contribution is 2.34. The van der Waals surface area contributed by atoms with Crippen LogP contribution in [0, 0.1) is 11.7 Å². The van der Waals surface area contributed by atoms with Crippen molar-refractivity contribution >= 4 is 0 Å². The highest BCUT2D eigenvalue weighted by molar-refractivity contribution is 5.65. The van der Waals surface area contributed by atoms with Gasteiger partial charge in [0.2, 0.25) is 5.88 Å². The number of rotatable bonds is 11. The molecule has 0 aliphatic heterocycles. The van der Waals surface area contributed by atoms with Crippen LogP contribution >= 0.6 is 0 Å². The smallest absolute Gasteiger partial charge is 0.222 e. The van der Waals surface area contributed by atoms with Gasteiger partial charge in [-0.2, -0.15) is 5.10 Å². The third-order valence-corrected chi connectivity index (χ3v) is 5.95. The fourth-order valence-electron chi connectivity index (χ4n) is 4.46. The number of aliphatic hydroxyl groups excluding tert-OH is 1. The quantitative estimate of drug-likeness (QED) is 0.279. The molecule has 0 radical (unpaired) electrons. The lowest BCUT2D eigenvalue weighted by molar-refractivity contribution is 0.101. The summed E-state index contributed by atoms with van der Waals surface area (Å²) in [6.07, 6.45) is 0.0805. The normalized spacial score (nSPS) is 12.3. The monoisotopic (exact) mass is 487 g/mol. The van der Waals surface area contributed by atoms with Crippen LogP contribution in [0.15, 0.2) is 84.9 Å². The Morgan fingerprint density at radius 3 is 2.19 bits per heavy atom. The van der Waals surface area contributed by atoms with Gasteiger partial charge in [-0.3, -0.25) is 4.90 Å². The number of halogens is 1. The van der Waals surface area contributed by atoms with E-state index in [0.29, 0.717) is 37.1 Å². The molecule has 0 bridgehead atoms. The Balaban J connectivity index is 1.65. The van der Waals surface area contributed by atoms with Gasteiger partial charge in [-0.15, -0.1) is 0 Å². The zero-order valence-corrected chi connectivity index (χ0v) is 21.1. The molecule has 36 heavy (non-hydrogen) atoms. The van der Waals surface area contributed by atoms with Crippen molar-refractivity contribution < 1.29 is 14.2 Å². The lowest BCUT2D eigenvalue weighted by Crippen LogP contribution is -2.35. The van der Waals surface area contributed by atoms with Gasteiger partial charge in [0.05, 0.1) is 11.7 Å². The number of hydrogen-bond donors (Lipinski definition) is 1. The second-order valence-electron chi connectivity index (χ2n) is 9.61. The lowest BCUT2D eigenvalue weighted by atomic mass is 10.0. The predicted molar refractivity (Wildman–Crippen MR) is 141 cm³/mol. The summed E-state index contributed by atoms with van der Waals surface area (Å²) in [4.78, 5) is 2.26. The summed E-state index contributed by atoms with van der Waals surface area (Å²) >= 11 is 0. The van der Waals surface area contributed by atoms with Gasteiger partial charge < -0.3 is 9.84 Å². The molecule has 0 unspecified atom stereocenters. The minimum absolute atomic E-state index is 0.312. The van der Waals surface area contributed by atoms with E-state index in [1.807, 2.05) is 67.7 Å². The van der Waals surface area contributed by atoms with Gasteiger partial charge in [-0.1, -0.05) is 74.5 Å². The molecule has 0 saturated heterocycles. The Labute approximate surface area is 212 Å². The molecule has 5 nitrogen and oxygen atoms in total. The van der Waals surface area contributed by atoms with Crippen molar-refractivity contribution in [3.8, 4) is 22.9 Å². The molecule has 0 aliphatic rings. The molecular weight excluding hydrogens is 453 g/mol. The van der Waals surface area contributed by atoms with Gasteiger partial charge in [0.1, 0.15) is 17.3 Å². The van der Waals surface area contributed by atoms with Crippen LogP contribution in [0.4, 0.5) is 4.39 Å². The molecule has 1 aromatic heterocycles. The summed E-state index contributed by atoms with van der Waals surface area (Å²) in [7, 11) is 1.85. The number of aryl methyl sites for hydroxylation is 1. The standard InChI is InChI=1S/C30H34FN3O2/c1-22(2)19-34(20-26(35)18-23-10-6-4-7-11-23)21-28-29(24-12-8-5-9-13-24)32-33(3)30(28)36-27-16-14-25(31)15-17-27/h4-17,22,26,35H,18-21H2,1-3H3/t26-/m1/s1. The second-order valence-corrected chi connectivity index (χ2v) is 9.61. The number of ether oxygens (including phenoxy) is 1. The van der Waals surface area contributed by atoms with Crippen LogP contribution in [0.1, 0.15) is 25.0 Å². The minimum Gasteiger partial charge on any atom is -0.439 e. The molecule has 1 heterocycles. The number of aliphatic hydroxyl groups is 1. The minimum atomic E-state index is -0.510. The van der Waals surface area contributed by atoms with E-state index in [9.17, 15) is 9.50 Å². The fraction of sp³-hybridized carbons (Fsp3) is 0.300. The summed E-state index contributed by atoms with van der Waals surface area (Å²) in [5.41, 5.74) is 3.87. The molecule has 4 rings (SSSR count). The van der Waals surface area contributed by atoms with Crippen molar-refractivity contribution in [2.45, 2.75) is 32.9 Å². The maximum Gasteiger partial charge on any atom is 0.222 e. The van der Waals surface area contributed by atoms with E-state index in [-0.39, 0.29) is 5.82 Å². The number of hydrogen-bond acceptors (Lipinski definition) is 4. The summed E-state index contributed by atoms with van der Waals surface area (Å²) < 4.78 is 21.5. The SMILES string of the molecule is CC(C)CN(Cc1c(-c2ccccc2)nn(C)c1Oc1ccc(F)cc1)C[C@H](O)Cc1ccccc1. The van der Waals surface area contributed by atoms with Crippen molar-refractivity contribution in [3.05, 3.63) is 102 Å². The number of nitrogens with zero attached hydrogens (tertiary/aromatic N) is 3. The van der Waals surface area contributed by atoms with Crippen LogP contribution in [0.3, 0.4) is 0 Å². The second kappa shape index (κ2) is 12.0. The zero-order valence-electron chi connectivity index (χ0n) is 21.1. The largest absolute Gasteiger partial charge is 0.439 e. The van der Waals surface area contributed by atoms with Crippen LogP contribution in [0.5, 0.6) is 11.6 Å². The first-order valence-corrected chi connectivity index (χ1v) is 12.4. The van der Waals surface area contributed by atoms with Crippen LogP contribution < -0.4 is 4.74 Å². The molecule has 1 atom stereocenters. The summed E-state index contributed by atoms with van der Waals surface area (Å²) in [6.45, 7) is 6.23. The van der Waals surface area contributed by atoms with Crippen molar-refractivity contribution in [2.24, 2.45) is 13.0 Å². The van der Waals surface area contributed by atoms with Gasteiger partial charge in [0, 0.05) is 32.2 Å². The van der Waals surface area contributed by atoms with Gasteiger partial charge in [-0.25, -0.2) is 9.07 Å². The Kier molecular flexibility index (Phi) is 8.52. The molecule has 3 aromatic carbocycles. The average Bonchev–Trinajstić information content (AvgIpc) is 3.16. The first-order valence-electron chi connectivity index (χ1n) is 12.4. The van der Waals surface area contributed by atoms with Crippen molar-refractivity contribution in [2.75, 3.05) is 13.1 Å². The first-order chi connectivity index (χ1) is 17.4. The summed E-state index contributed by atoms with van der Waals surface area (Å²) in [5, 5.41) is 15.8. The summed E-state index contributed by atoms with van der Waals surface area (Å²) in [6, 6.07) is 26.1. The summed E-state index contributed by atoms with van der Waals surface area (Å²) in [5.74, 6) is 1.24. The van der Waals surface area contributed by atoms with E-state index in [1.54, 1.807) is 16.8 Å². The Morgan fingerprint density at radius 1 is 0.917 bits per heavy atom. The Bertz CT molecular complexity index is 1220. The third-order valence-electron chi connectivity index (χ3n) is 5.95. The predicted octanol–water partition coefficient (Wildman–Crippen LogP) is 6.08. The molecule has 1 N–H and O–H groups in total. The van der Waals surface area contributed by atoms with E-state index in [2.05, 4.69) is 18.7 Å². The molecule has 4 aromatic rings. The molecule has 0 aliphatic carbocycles. The van der Waals surface area contributed by atoms with E-state index < -0.39 is 6.10 Å². The molecule has 6 heteroatoms. The zero-order chi connectivity index (χ0) is 25.5. The highest BCUT2D eigenvalue weighted by Gasteiger charge is 2.24. The lowest BCUT2D eigenvalue weighted by Gasteiger charge is -2.27. The van der Waals surface area contributed by atoms with E-state index in [1.165, 1.54) is 12.1 Å². The van der Waals surface area contributed by atoms with Gasteiger partial charge >= 0.3 is 0 Å². The van der Waals surface area contributed by atoms with Gasteiger partial charge in [0.15, 0.2) is 0 Å². The fourth-order valence-corrected chi connectivity index (χ4v) is 4.46. The molecule has 0 fully saturated rings.